The highest BCUT2D eigenvalue weighted by molar-refractivity contribution is 7.90. The van der Waals surface area contributed by atoms with Gasteiger partial charge in [0.25, 0.3) is 15.9 Å². The maximum absolute atomic E-state index is 12.4. The van der Waals surface area contributed by atoms with E-state index in [1.807, 2.05) is 11.6 Å². The van der Waals surface area contributed by atoms with Crippen molar-refractivity contribution in [1.29, 1.82) is 0 Å². The SMILES string of the molecule is CC/C=C(/C)C(=O)NS(=O)(=O)c1cc(NC(C)=O)ccc1OC. The third-order valence-electron chi connectivity index (χ3n) is 2.87. The van der Waals surface area contributed by atoms with Gasteiger partial charge in [0.15, 0.2) is 0 Å². The number of nitrogens with one attached hydrogen (secondary N) is 2. The Morgan fingerprint density at radius 3 is 2.43 bits per heavy atom. The van der Waals surface area contributed by atoms with Crippen LogP contribution in [0.5, 0.6) is 5.75 Å². The predicted molar refractivity (Wildman–Crippen MR) is 86.7 cm³/mol. The van der Waals surface area contributed by atoms with Crippen molar-refractivity contribution in [3.63, 3.8) is 0 Å². The van der Waals surface area contributed by atoms with Gasteiger partial charge in [-0.1, -0.05) is 13.0 Å². The highest BCUT2D eigenvalue weighted by Crippen LogP contribution is 2.27. The summed E-state index contributed by atoms with van der Waals surface area (Å²) in [5.74, 6) is -0.986. The van der Waals surface area contributed by atoms with E-state index < -0.39 is 15.9 Å². The molecule has 23 heavy (non-hydrogen) atoms. The first kappa shape index (κ1) is 18.7. The van der Waals surface area contributed by atoms with Crippen molar-refractivity contribution in [3.05, 3.63) is 29.8 Å². The lowest BCUT2D eigenvalue weighted by Crippen LogP contribution is -2.31. The van der Waals surface area contributed by atoms with E-state index in [-0.39, 0.29) is 22.2 Å². The van der Waals surface area contributed by atoms with Crippen molar-refractivity contribution in [1.82, 2.24) is 4.72 Å². The second-order valence-corrected chi connectivity index (χ2v) is 6.43. The average molecular weight is 340 g/mol. The molecule has 2 amide bonds. The Morgan fingerprint density at radius 1 is 1.26 bits per heavy atom. The first-order chi connectivity index (χ1) is 10.7. The molecule has 7 nitrogen and oxygen atoms in total. The molecule has 0 aromatic heterocycles. The lowest BCUT2D eigenvalue weighted by molar-refractivity contribution is -0.116. The zero-order valence-corrected chi connectivity index (χ0v) is 14.3. The number of anilines is 1. The normalized spacial score (nSPS) is 11.7. The first-order valence-corrected chi connectivity index (χ1v) is 8.39. The van der Waals surface area contributed by atoms with Crippen molar-refractivity contribution in [2.75, 3.05) is 12.4 Å². The minimum absolute atomic E-state index is 0.0662. The lowest BCUT2D eigenvalue weighted by atomic mass is 10.2. The van der Waals surface area contributed by atoms with Crippen LogP contribution in [0.25, 0.3) is 0 Å². The van der Waals surface area contributed by atoms with E-state index in [0.717, 1.165) is 0 Å². The van der Waals surface area contributed by atoms with Crippen LogP contribution >= 0.6 is 0 Å². The Balaban J connectivity index is 3.22. The van der Waals surface area contributed by atoms with Gasteiger partial charge in [-0.2, -0.15) is 0 Å². The number of rotatable bonds is 6. The fraction of sp³-hybridized carbons (Fsp3) is 0.333. The first-order valence-electron chi connectivity index (χ1n) is 6.90. The van der Waals surface area contributed by atoms with Crippen molar-refractivity contribution in [3.8, 4) is 5.75 Å². The zero-order chi connectivity index (χ0) is 17.6. The van der Waals surface area contributed by atoms with Crippen LogP contribution < -0.4 is 14.8 Å². The van der Waals surface area contributed by atoms with Gasteiger partial charge in [-0.05, 0) is 31.5 Å². The molecule has 0 bridgehead atoms. The van der Waals surface area contributed by atoms with Gasteiger partial charge in [0.05, 0.1) is 7.11 Å². The predicted octanol–water partition coefficient (Wildman–Crippen LogP) is 1.81. The number of allylic oxidation sites excluding steroid dienone is 1. The summed E-state index contributed by atoms with van der Waals surface area (Å²) < 4.78 is 31.8. The van der Waals surface area contributed by atoms with E-state index in [9.17, 15) is 18.0 Å². The quantitative estimate of drug-likeness (QED) is 0.769. The molecular formula is C15H20N2O5S. The summed E-state index contributed by atoms with van der Waals surface area (Å²) in [5, 5.41) is 2.48. The highest BCUT2D eigenvalue weighted by atomic mass is 32.2. The summed E-state index contributed by atoms with van der Waals surface area (Å²) in [6.07, 6.45) is 2.23. The molecule has 0 aliphatic carbocycles. The second-order valence-electron chi connectivity index (χ2n) is 4.78. The molecule has 1 aromatic rings. The Hall–Kier alpha value is -2.35. The van der Waals surface area contributed by atoms with Crippen molar-refractivity contribution < 1.29 is 22.7 Å². The second kappa shape index (κ2) is 7.77. The Bertz CT molecular complexity index is 738. The number of methoxy groups -OCH3 is 1. The lowest BCUT2D eigenvalue weighted by Gasteiger charge is -2.12. The molecule has 0 aliphatic heterocycles. The molecule has 8 heteroatoms. The number of amides is 2. The molecule has 0 saturated carbocycles. The third-order valence-corrected chi connectivity index (χ3v) is 4.22. The Kier molecular flexibility index (Phi) is 6.32. The number of carbonyl (C=O) groups is 2. The molecule has 0 saturated heterocycles. The highest BCUT2D eigenvalue weighted by Gasteiger charge is 2.23. The van der Waals surface area contributed by atoms with Crippen molar-refractivity contribution in [2.24, 2.45) is 0 Å². The smallest absolute Gasteiger partial charge is 0.268 e. The molecule has 0 radical (unpaired) electrons. The van der Waals surface area contributed by atoms with Crippen molar-refractivity contribution >= 4 is 27.5 Å². The van der Waals surface area contributed by atoms with E-state index >= 15 is 0 Å². The zero-order valence-electron chi connectivity index (χ0n) is 13.5. The van der Waals surface area contributed by atoms with Crippen LogP contribution in [0.2, 0.25) is 0 Å². The van der Waals surface area contributed by atoms with Crippen LogP contribution in [-0.4, -0.2) is 27.3 Å². The van der Waals surface area contributed by atoms with Crippen LogP contribution in [0, 0.1) is 0 Å². The van der Waals surface area contributed by atoms with E-state index in [0.29, 0.717) is 12.0 Å². The van der Waals surface area contributed by atoms with Crippen molar-refractivity contribution in [2.45, 2.75) is 32.1 Å². The Morgan fingerprint density at radius 2 is 1.91 bits per heavy atom. The average Bonchev–Trinajstić information content (AvgIpc) is 2.46. The van der Waals surface area contributed by atoms with E-state index in [1.165, 1.54) is 39.2 Å². The van der Waals surface area contributed by atoms with Gasteiger partial charge in [-0.25, -0.2) is 13.1 Å². The molecule has 2 N–H and O–H groups in total. The van der Waals surface area contributed by atoms with Gasteiger partial charge in [0.2, 0.25) is 5.91 Å². The number of benzene rings is 1. The maximum Gasteiger partial charge on any atom is 0.268 e. The van der Waals surface area contributed by atoms with E-state index in [1.54, 1.807) is 6.08 Å². The van der Waals surface area contributed by atoms with Crippen LogP contribution in [-0.2, 0) is 19.6 Å². The molecular weight excluding hydrogens is 320 g/mol. The monoisotopic (exact) mass is 340 g/mol. The maximum atomic E-state index is 12.4. The summed E-state index contributed by atoms with van der Waals surface area (Å²) >= 11 is 0. The molecule has 1 rings (SSSR count). The topological polar surface area (TPSA) is 102 Å². The molecule has 0 heterocycles. The molecule has 0 unspecified atom stereocenters. The van der Waals surface area contributed by atoms with E-state index in [4.69, 9.17) is 4.74 Å². The fourth-order valence-corrected chi connectivity index (χ4v) is 3.04. The number of sulfonamides is 1. The van der Waals surface area contributed by atoms with Crippen LogP contribution in [0.1, 0.15) is 27.2 Å². The largest absolute Gasteiger partial charge is 0.495 e. The van der Waals surface area contributed by atoms with Gasteiger partial charge in [-0.15, -0.1) is 0 Å². The van der Waals surface area contributed by atoms with Gasteiger partial charge < -0.3 is 10.1 Å². The molecule has 0 spiro atoms. The van der Waals surface area contributed by atoms with Crippen LogP contribution in [0.3, 0.4) is 0 Å². The fourth-order valence-electron chi connectivity index (χ4n) is 1.82. The van der Waals surface area contributed by atoms with Gasteiger partial charge in [0.1, 0.15) is 10.6 Å². The summed E-state index contributed by atoms with van der Waals surface area (Å²) in [5.41, 5.74) is 0.583. The van der Waals surface area contributed by atoms with E-state index in [2.05, 4.69) is 5.32 Å². The van der Waals surface area contributed by atoms with Crippen LogP contribution in [0.15, 0.2) is 34.7 Å². The standard InChI is InChI=1S/C15H20N2O5S/c1-5-6-10(2)15(19)17-23(20,21)14-9-12(16-11(3)18)7-8-13(14)22-4/h6-9H,5H2,1-4H3,(H,16,18)(H,17,19)/b10-6-. The van der Waals surface area contributed by atoms with Gasteiger partial charge >= 0.3 is 0 Å². The number of ether oxygens (including phenoxy) is 1. The number of carbonyl (C=O) groups excluding carboxylic acids is 2. The molecule has 1 aromatic carbocycles. The summed E-state index contributed by atoms with van der Waals surface area (Å²) in [4.78, 5) is 22.8. The summed E-state index contributed by atoms with van der Waals surface area (Å²) in [6.45, 7) is 4.67. The molecule has 126 valence electrons. The van der Waals surface area contributed by atoms with Gasteiger partial charge in [-0.3, -0.25) is 9.59 Å². The minimum atomic E-state index is -4.14. The van der Waals surface area contributed by atoms with Crippen LogP contribution in [0.4, 0.5) is 5.69 Å². The summed E-state index contributed by atoms with van der Waals surface area (Å²) in [6, 6.07) is 4.14. The molecule has 0 aliphatic rings. The molecule has 0 atom stereocenters. The Labute approximate surface area is 135 Å². The minimum Gasteiger partial charge on any atom is -0.495 e. The third kappa shape index (κ3) is 5.10. The number of hydrogen-bond donors (Lipinski definition) is 2. The summed E-state index contributed by atoms with van der Waals surface area (Å²) in [7, 11) is -2.82. The molecule has 0 fully saturated rings. The van der Waals surface area contributed by atoms with Gasteiger partial charge in [0, 0.05) is 18.2 Å². The number of hydrogen-bond acceptors (Lipinski definition) is 5.